The molecule has 2 atom stereocenters. The van der Waals surface area contributed by atoms with Crippen LogP contribution in [0.4, 0.5) is 0 Å². The fraction of sp³-hybridized carbons (Fsp3) is 0.464. The number of carbonyl (C=O) groups is 2. The van der Waals surface area contributed by atoms with E-state index in [0.29, 0.717) is 37.6 Å². The minimum Gasteiger partial charge on any atom is -0.374 e. The highest BCUT2D eigenvalue weighted by Gasteiger charge is 2.27. The standard InChI is InChI=1S/C28H37N4O3PS/c1-7-19-12-21(28(34)30(5)37-6)13-24(36)26(19)27-23(15-22-16-31(18(4)33)10-11-35-22)32-9-8-20(17(2)3)14-25(32)29-27/h8-9,12-14,17,22H,7,10-11,15-16,36H2,1-6H3/t22-/m0/s1. The van der Waals surface area contributed by atoms with Gasteiger partial charge < -0.3 is 14.0 Å². The van der Waals surface area contributed by atoms with Gasteiger partial charge in [-0.05, 0) is 53.0 Å². The molecule has 2 aromatic heterocycles. The van der Waals surface area contributed by atoms with E-state index in [0.717, 1.165) is 39.9 Å². The lowest BCUT2D eigenvalue weighted by molar-refractivity contribution is -0.136. The predicted octanol–water partition coefficient (Wildman–Crippen LogP) is 4.33. The van der Waals surface area contributed by atoms with E-state index in [2.05, 4.69) is 52.7 Å². The average Bonchev–Trinajstić information content (AvgIpc) is 3.23. The molecule has 7 nitrogen and oxygen atoms in total. The Balaban J connectivity index is 1.86. The van der Waals surface area contributed by atoms with Gasteiger partial charge in [0.2, 0.25) is 5.91 Å². The summed E-state index contributed by atoms with van der Waals surface area (Å²) < 4.78 is 9.91. The van der Waals surface area contributed by atoms with Gasteiger partial charge in [0.1, 0.15) is 5.65 Å². The van der Waals surface area contributed by atoms with Crippen molar-refractivity contribution in [2.24, 2.45) is 0 Å². The topological polar surface area (TPSA) is 67.2 Å². The van der Waals surface area contributed by atoms with Crippen LogP contribution in [0.15, 0.2) is 30.5 Å². The first-order valence-corrected chi connectivity index (χ1v) is 14.5. The van der Waals surface area contributed by atoms with Crippen LogP contribution in [0, 0.1) is 0 Å². The summed E-state index contributed by atoms with van der Waals surface area (Å²) in [6.07, 6.45) is 5.27. The molecule has 1 aromatic carbocycles. The van der Waals surface area contributed by atoms with Gasteiger partial charge in [0.15, 0.2) is 0 Å². The van der Waals surface area contributed by atoms with Crippen LogP contribution in [-0.4, -0.2) is 69.5 Å². The highest BCUT2D eigenvalue weighted by atomic mass is 32.2. The Hall–Kier alpha value is -2.41. The Labute approximate surface area is 226 Å². The molecular weight excluding hydrogens is 503 g/mol. The van der Waals surface area contributed by atoms with Crippen LogP contribution < -0.4 is 5.30 Å². The normalized spacial score (nSPS) is 16.0. The highest BCUT2D eigenvalue weighted by Crippen LogP contribution is 2.32. The van der Waals surface area contributed by atoms with Crippen LogP contribution in [0.1, 0.15) is 60.8 Å². The highest BCUT2D eigenvalue weighted by molar-refractivity contribution is 7.96. The Kier molecular flexibility index (Phi) is 8.62. The molecule has 4 rings (SSSR count). The molecule has 198 valence electrons. The van der Waals surface area contributed by atoms with E-state index in [9.17, 15) is 9.59 Å². The molecule has 0 N–H and O–H groups in total. The minimum atomic E-state index is -0.116. The van der Waals surface area contributed by atoms with Gasteiger partial charge in [0, 0.05) is 57.1 Å². The average molecular weight is 541 g/mol. The van der Waals surface area contributed by atoms with Crippen molar-refractivity contribution in [2.75, 3.05) is 33.0 Å². The lowest BCUT2D eigenvalue weighted by Crippen LogP contribution is -2.45. The second kappa shape index (κ2) is 11.5. The lowest BCUT2D eigenvalue weighted by atomic mass is 9.96. The summed E-state index contributed by atoms with van der Waals surface area (Å²) in [6.45, 7) is 9.80. The molecule has 1 fully saturated rings. The summed E-state index contributed by atoms with van der Waals surface area (Å²) in [5, 5.41) is 0.945. The zero-order valence-corrected chi connectivity index (χ0v) is 24.5. The molecule has 1 unspecified atom stereocenters. The van der Waals surface area contributed by atoms with Crippen LogP contribution in [0.2, 0.25) is 0 Å². The number of benzene rings is 1. The Morgan fingerprint density at radius 2 is 2.05 bits per heavy atom. The number of aryl methyl sites for hydroxylation is 1. The third kappa shape index (κ3) is 5.71. The molecular formula is C28H37N4O3PS. The fourth-order valence-corrected chi connectivity index (χ4v) is 5.67. The van der Waals surface area contributed by atoms with E-state index in [1.165, 1.54) is 17.5 Å². The van der Waals surface area contributed by atoms with Crippen molar-refractivity contribution in [1.29, 1.82) is 0 Å². The van der Waals surface area contributed by atoms with Crippen molar-refractivity contribution >= 4 is 44.0 Å². The second-order valence-electron chi connectivity index (χ2n) is 9.85. The van der Waals surface area contributed by atoms with Gasteiger partial charge >= 0.3 is 0 Å². The molecule has 0 spiro atoms. The van der Waals surface area contributed by atoms with Crippen molar-refractivity contribution in [3.05, 3.63) is 52.8 Å². The summed E-state index contributed by atoms with van der Waals surface area (Å²) in [5.41, 5.74) is 6.87. The number of carbonyl (C=O) groups excluding carboxylic acids is 2. The number of hydrogen-bond acceptors (Lipinski definition) is 5. The van der Waals surface area contributed by atoms with Crippen LogP contribution in [0.3, 0.4) is 0 Å². The number of rotatable bonds is 7. The molecule has 9 heteroatoms. The van der Waals surface area contributed by atoms with Gasteiger partial charge in [0.05, 0.1) is 24.1 Å². The van der Waals surface area contributed by atoms with E-state index in [4.69, 9.17) is 9.72 Å². The number of nitrogens with zero attached hydrogens (tertiary/aromatic N) is 4. The van der Waals surface area contributed by atoms with E-state index in [-0.39, 0.29) is 17.9 Å². The number of amides is 2. The molecule has 0 radical (unpaired) electrons. The maximum absolute atomic E-state index is 12.9. The molecule has 0 saturated carbocycles. The van der Waals surface area contributed by atoms with E-state index < -0.39 is 0 Å². The van der Waals surface area contributed by atoms with E-state index in [1.807, 2.05) is 23.3 Å². The first-order valence-electron chi connectivity index (χ1n) is 12.8. The first kappa shape index (κ1) is 27.6. The zero-order valence-electron chi connectivity index (χ0n) is 22.6. The summed E-state index contributed by atoms with van der Waals surface area (Å²) in [7, 11) is 4.62. The van der Waals surface area contributed by atoms with E-state index >= 15 is 0 Å². The van der Waals surface area contributed by atoms with Crippen molar-refractivity contribution < 1.29 is 14.3 Å². The SMILES string of the molecule is CCc1cc(C(=O)N(C)SC)cc(P)c1-c1nc2cc(C(C)C)ccn2c1C[C@H]1CN(C(C)=O)CCO1. The molecule has 1 aliphatic rings. The molecule has 3 heterocycles. The van der Waals surface area contributed by atoms with Crippen molar-refractivity contribution in [2.45, 2.75) is 52.6 Å². The summed E-state index contributed by atoms with van der Waals surface area (Å²) in [6, 6.07) is 8.25. The van der Waals surface area contributed by atoms with Crippen LogP contribution >= 0.6 is 21.2 Å². The maximum atomic E-state index is 12.9. The quantitative estimate of drug-likeness (QED) is 0.330. The monoisotopic (exact) mass is 540 g/mol. The largest absolute Gasteiger partial charge is 0.374 e. The van der Waals surface area contributed by atoms with Gasteiger partial charge in [-0.15, -0.1) is 9.24 Å². The molecule has 0 aliphatic carbocycles. The van der Waals surface area contributed by atoms with Crippen molar-refractivity contribution in [1.82, 2.24) is 18.6 Å². The second-order valence-corrected chi connectivity index (χ2v) is 11.4. The molecule has 37 heavy (non-hydrogen) atoms. The van der Waals surface area contributed by atoms with Gasteiger partial charge in [-0.1, -0.05) is 32.7 Å². The third-order valence-corrected chi connectivity index (χ3v) is 8.26. The third-order valence-electron chi connectivity index (χ3n) is 7.10. The predicted molar refractivity (Wildman–Crippen MR) is 155 cm³/mol. The number of ether oxygens (including phenoxy) is 1. The smallest absolute Gasteiger partial charge is 0.263 e. The number of hydrogen-bond donors (Lipinski definition) is 0. The summed E-state index contributed by atoms with van der Waals surface area (Å²) in [5.74, 6) is 0.444. The summed E-state index contributed by atoms with van der Waals surface area (Å²) in [4.78, 5) is 32.0. The van der Waals surface area contributed by atoms with Gasteiger partial charge in [0.25, 0.3) is 5.91 Å². The first-order chi connectivity index (χ1) is 17.6. The van der Waals surface area contributed by atoms with Gasteiger partial charge in [-0.3, -0.25) is 13.9 Å². The molecule has 1 saturated heterocycles. The lowest BCUT2D eigenvalue weighted by Gasteiger charge is -2.32. The van der Waals surface area contributed by atoms with E-state index in [1.54, 1.807) is 18.3 Å². The van der Waals surface area contributed by atoms with Crippen LogP contribution in [0.25, 0.3) is 16.9 Å². The molecule has 0 bridgehead atoms. The number of pyridine rings is 1. The minimum absolute atomic E-state index is 0.0193. The van der Waals surface area contributed by atoms with Crippen LogP contribution in [0.5, 0.6) is 0 Å². The number of morpholine rings is 1. The molecule has 3 aromatic rings. The number of imidazole rings is 1. The molecule has 1 aliphatic heterocycles. The zero-order chi connectivity index (χ0) is 26.9. The summed E-state index contributed by atoms with van der Waals surface area (Å²) >= 11 is 1.40. The Bertz CT molecular complexity index is 1320. The van der Waals surface area contributed by atoms with Crippen molar-refractivity contribution in [3.8, 4) is 11.3 Å². The fourth-order valence-electron chi connectivity index (χ4n) is 4.89. The van der Waals surface area contributed by atoms with Crippen LogP contribution in [-0.2, 0) is 22.4 Å². The van der Waals surface area contributed by atoms with Gasteiger partial charge in [-0.25, -0.2) is 4.98 Å². The molecule has 2 amide bonds. The Morgan fingerprint density at radius 3 is 2.70 bits per heavy atom. The number of aromatic nitrogens is 2. The number of fused-ring (bicyclic) bond motifs is 1. The van der Waals surface area contributed by atoms with Crippen molar-refractivity contribution in [3.63, 3.8) is 0 Å². The Morgan fingerprint density at radius 1 is 1.30 bits per heavy atom. The maximum Gasteiger partial charge on any atom is 0.263 e. The van der Waals surface area contributed by atoms with Gasteiger partial charge in [-0.2, -0.15) is 0 Å².